The minimum atomic E-state index is -0.460. The Kier molecular flexibility index (Phi) is 6.21. The van der Waals surface area contributed by atoms with E-state index >= 15 is 0 Å². The van der Waals surface area contributed by atoms with E-state index in [9.17, 15) is 14.9 Å². The summed E-state index contributed by atoms with van der Waals surface area (Å²) >= 11 is 5.98. The SMILES string of the molecule is CC1=CCC(C(=O)NN=Cc2ccc([N+](=O)[O-])cc2)C(c2ccc(Cl)cc2)C1. The molecule has 6 nitrogen and oxygen atoms in total. The van der Waals surface area contributed by atoms with Crippen LogP contribution in [0.25, 0.3) is 0 Å². The summed E-state index contributed by atoms with van der Waals surface area (Å²) in [7, 11) is 0. The predicted octanol–water partition coefficient (Wildman–Crippen LogP) is 4.84. The number of hydrogen-bond donors (Lipinski definition) is 1. The molecular formula is C21H20ClN3O3. The topological polar surface area (TPSA) is 84.6 Å². The van der Waals surface area contributed by atoms with Gasteiger partial charge in [0.25, 0.3) is 5.69 Å². The summed E-state index contributed by atoms with van der Waals surface area (Å²) in [5, 5.41) is 15.4. The van der Waals surface area contributed by atoms with E-state index in [1.54, 1.807) is 12.1 Å². The number of rotatable bonds is 5. The van der Waals surface area contributed by atoms with E-state index in [1.165, 1.54) is 23.9 Å². The number of hydrogen-bond acceptors (Lipinski definition) is 4. The molecular weight excluding hydrogens is 378 g/mol. The van der Waals surface area contributed by atoms with Crippen molar-refractivity contribution in [3.8, 4) is 0 Å². The van der Waals surface area contributed by atoms with Gasteiger partial charge in [0.1, 0.15) is 0 Å². The zero-order valence-corrected chi connectivity index (χ0v) is 16.1. The number of non-ortho nitro benzene ring substituents is 1. The molecule has 2 atom stereocenters. The molecule has 2 aromatic rings. The van der Waals surface area contributed by atoms with E-state index in [0.29, 0.717) is 17.0 Å². The second-order valence-electron chi connectivity index (χ2n) is 6.84. The Morgan fingerprint density at radius 2 is 1.89 bits per heavy atom. The lowest BCUT2D eigenvalue weighted by atomic mass is 9.75. The van der Waals surface area contributed by atoms with Gasteiger partial charge in [-0.25, -0.2) is 5.43 Å². The van der Waals surface area contributed by atoms with E-state index < -0.39 is 4.92 Å². The number of nitrogens with zero attached hydrogens (tertiary/aromatic N) is 2. The smallest absolute Gasteiger partial charge is 0.269 e. The molecule has 0 aromatic heterocycles. The van der Waals surface area contributed by atoms with Crippen LogP contribution in [-0.2, 0) is 4.79 Å². The first kappa shape index (κ1) is 19.8. The van der Waals surface area contributed by atoms with Crippen molar-refractivity contribution in [3.63, 3.8) is 0 Å². The normalized spacial score (nSPS) is 19.3. The summed E-state index contributed by atoms with van der Waals surface area (Å²) < 4.78 is 0. The number of allylic oxidation sites excluding steroid dienone is 2. The van der Waals surface area contributed by atoms with Gasteiger partial charge in [-0.2, -0.15) is 5.10 Å². The number of hydrazone groups is 1. The summed E-state index contributed by atoms with van der Waals surface area (Å²) in [6.07, 6.45) is 5.03. The first-order chi connectivity index (χ1) is 13.4. The van der Waals surface area contributed by atoms with Crippen LogP contribution in [0.15, 0.2) is 65.3 Å². The average Bonchev–Trinajstić information content (AvgIpc) is 2.69. The van der Waals surface area contributed by atoms with E-state index in [4.69, 9.17) is 11.6 Å². The third-order valence-electron chi connectivity index (χ3n) is 4.88. The van der Waals surface area contributed by atoms with Crippen LogP contribution in [0.1, 0.15) is 36.8 Å². The van der Waals surface area contributed by atoms with Crippen LogP contribution in [0.2, 0.25) is 5.02 Å². The Morgan fingerprint density at radius 3 is 2.54 bits per heavy atom. The van der Waals surface area contributed by atoms with Crippen molar-refractivity contribution < 1.29 is 9.72 Å². The number of benzene rings is 2. The number of carbonyl (C=O) groups excluding carboxylic acids is 1. The van der Waals surface area contributed by atoms with Crippen molar-refractivity contribution in [1.29, 1.82) is 0 Å². The fourth-order valence-corrected chi connectivity index (χ4v) is 3.48. The van der Waals surface area contributed by atoms with Gasteiger partial charge in [-0.05, 0) is 61.1 Å². The predicted molar refractivity (Wildman–Crippen MR) is 110 cm³/mol. The highest BCUT2D eigenvalue weighted by atomic mass is 35.5. The largest absolute Gasteiger partial charge is 0.273 e. The van der Waals surface area contributed by atoms with Crippen molar-refractivity contribution in [2.24, 2.45) is 11.0 Å². The van der Waals surface area contributed by atoms with Crippen LogP contribution >= 0.6 is 11.6 Å². The second kappa shape index (κ2) is 8.80. The molecule has 2 aromatic carbocycles. The van der Waals surface area contributed by atoms with Gasteiger partial charge in [0.05, 0.1) is 17.1 Å². The molecule has 0 bridgehead atoms. The maximum atomic E-state index is 12.7. The molecule has 2 unspecified atom stereocenters. The third kappa shape index (κ3) is 4.84. The summed E-state index contributed by atoms with van der Waals surface area (Å²) in [5.41, 5.74) is 5.62. The number of nitrogens with one attached hydrogen (secondary N) is 1. The molecule has 144 valence electrons. The molecule has 28 heavy (non-hydrogen) atoms. The fourth-order valence-electron chi connectivity index (χ4n) is 3.35. The fraction of sp³-hybridized carbons (Fsp3) is 0.238. The van der Waals surface area contributed by atoms with Gasteiger partial charge in [-0.1, -0.05) is 35.4 Å². The monoisotopic (exact) mass is 397 g/mol. The standard InChI is InChI=1S/C21H20ClN3O3/c1-14-2-11-19(20(12-14)16-5-7-17(22)8-6-16)21(26)24-23-13-15-3-9-18(10-4-15)25(27)28/h2-10,13,19-20H,11-12H2,1H3,(H,24,26). The molecule has 0 saturated heterocycles. The number of carbonyl (C=O) groups is 1. The first-order valence-corrected chi connectivity index (χ1v) is 9.30. The molecule has 0 fully saturated rings. The Bertz CT molecular complexity index is 921. The molecule has 0 saturated carbocycles. The third-order valence-corrected chi connectivity index (χ3v) is 5.13. The molecule has 1 aliphatic rings. The minimum Gasteiger partial charge on any atom is -0.273 e. The van der Waals surface area contributed by atoms with E-state index in [2.05, 4.69) is 23.5 Å². The van der Waals surface area contributed by atoms with Gasteiger partial charge < -0.3 is 0 Å². The maximum Gasteiger partial charge on any atom is 0.269 e. The van der Waals surface area contributed by atoms with Crippen molar-refractivity contribution in [1.82, 2.24) is 5.43 Å². The van der Waals surface area contributed by atoms with E-state index in [-0.39, 0.29) is 23.4 Å². The zero-order valence-electron chi connectivity index (χ0n) is 15.3. The summed E-state index contributed by atoms with van der Waals surface area (Å²) in [6.45, 7) is 2.07. The molecule has 0 radical (unpaired) electrons. The second-order valence-corrected chi connectivity index (χ2v) is 7.27. The number of nitro benzene ring substituents is 1. The van der Waals surface area contributed by atoms with Crippen molar-refractivity contribution >= 4 is 29.4 Å². The Morgan fingerprint density at radius 1 is 1.21 bits per heavy atom. The molecule has 7 heteroatoms. The Labute approximate surface area is 168 Å². The number of nitro groups is 1. The highest BCUT2D eigenvalue weighted by Crippen LogP contribution is 2.38. The van der Waals surface area contributed by atoms with Gasteiger partial charge in [-0.15, -0.1) is 0 Å². The highest BCUT2D eigenvalue weighted by Gasteiger charge is 2.31. The van der Waals surface area contributed by atoms with Crippen LogP contribution in [0, 0.1) is 16.0 Å². The Hall–Kier alpha value is -2.99. The first-order valence-electron chi connectivity index (χ1n) is 8.92. The van der Waals surface area contributed by atoms with Crippen molar-refractivity contribution in [3.05, 3.63) is 86.4 Å². The molecule has 1 amide bonds. The molecule has 3 rings (SSSR count). The van der Waals surface area contributed by atoms with Crippen LogP contribution < -0.4 is 5.43 Å². The van der Waals surface area contributed by atoms with Crippen LogP contribution in [0.5, 0.6) is 0 Å². The highest BCUT2D eigenvalue weighted by molar-refractivity contribution is 6.30. The summed E-state index contributed by atoms with van der Waals surface area (Å²) in [4.78, 5) is 22.9. The average molecular weight is 398 g/mol. The van der Waals surface area contributed by atoms with E-state index in [0.717, 1.165) is 12.0 Å². The maximum absolute atomic E-state index is 12.7. The van der Waals surface area contributed by atoms with Crippen molar-refractivity contribution in [2.75, 3.05) is 0 Å². The molecule has 1 aliphatic carbocycles. The Balaban J connectivity index is 1.69. The van der Waals surface area contributed by atoms with Crippen molar-refractivity contribution in [2.45, 2.75) is 25.7 Å². The zero-order chi connectivity index (χ0) is 20.1. The van der Waals surface area contributed by atoms with Gasteiger partial charge in [0, 0.05) is 17.2 Å². The summed E-state index contributed by atoms with van der Waals surface area (Å²) in [5.74, 6) is -0.308. The summed E-state index contributed by atoms with van der Waals surface area (Å²) in [6, 6.07) is 13.6. The van der Waals surface area contributed by atoms with Crippen LogP contribution in [-0.4, -0.2) is 17.0 Å². The van der Waals surface area contributed by atoms with Gasteiger partial charge in [-0.3, -0.25) is 14.9 Å². The molecule has 0 aliphatic heterocycles. The lowest BCUT2D eigenvalue weighted by Crippen LogP contribution is -2.33. The van der Waals surface area contributed by atoms with Gasteiger partial charge >= 0.3 is 0 Å². The lowest BCUT2D eigenvalue weighted by molar-refractivity contribution is -0.384. The van der Waals surface area contributed by atoms with Gasteiger partial charge in [0.15, 0.2) is 0 Å². The molecule has 0 heterocycles. The lowest BCUT2D eigenvalue weighted by Gasteiger charge is -2.29. The van der Waals surface area contributed by atoms with Crippen LogP contribution in [0.3, 0.4) is 0 Å². The minimum absolute atomic E-state index is 0.0105. The molecule has 0 spiro atoms. The quantitative estimate of drug-likeness (QED) is 0.339. The number of amides is 1. The van der Waals surface area contributed by atoms with Gasteiger partial charge in [0.2, 0.25) is 5.91 Å². The number of halogens is 1. The van der Waals surface area contributed by atoms with E-state index in [1.807, 2.05) is 24.3 Å². The molecule has 1 N–H and O–H groups in total. The van der Waals surface area contributed by atoms with Crippen LogP contribution in [0.4, 0.5) is 5.69 Å².